The Bertz CT molecular complexity index is 81.1. The first-order valence-electron chi connectivity index (χ1n) is 3.17. The Balaban J connectivity index is 3.70. The molecule has 0 unspecified atom stereocenters. The number of hydroxylamine groups is 2. The Labute approximate surface area is 55.8 Å². The van der Waals surface area contributed by atoms with Crippen molar-refractivity contribution < 1.29 is 5.21 Å². The van der Waals surface area contributed by atoms with E-state index in [0.29, 0.717) is 6.42 Å². The zero-order chi connectivity index (χ0) is 7.49. The molecule has 0 heterocycles. The van der Waals surface area contributed by atoms with Gasteiger partial charge < -0.3 is 10.4 Å². The van der Waals surface area contributed by atoms with Crippen molar-refractivity contribution in [1.82, 2.24) is 5.23 Å². The van der Waals surface area contributed by atoms with Crippen LogP contribution in [-0.2, 0) is 0 Å². The van der Waals surface area contributed by atoms with Gasteiger partial charge in [-0.25, -0.2) is 0 Å². The molecular formula is C6H14NO2-. The third-order valence-corrected chi connectivity index (χ3v) is 1.38. The van der Waals surface area contributed by atoms with Crippen molar-refractivity contribution in [3.05, 3.63) is 5.21 Å². The van der Waals surface area contributed by atoms with Crippen molar-refractivity contribution in [3.63, 3.8) is 0 Å². The largest absolute Gasteiger partial charge is 0.762 e. The highest BCUT2D eigenvalue weighted by Gasteiger charge is 2.16. The lowest BCUT2D eigenvalue weighted by Crippen LogP contribution is -2.36. The van der Waals surface area contributed by atoms with Gasteiger partial charge in [0.25, 0.3) is 0 Å². The monoisotopic (exact) mass is 132 g/mol. The number of rotatable bonds is 3. The number of hydrogen-bond donors (Lipinski definition) is 1. The summed E-state index contributed by atoms with van der Waals surface area (Å²) in [6.07, 6.45) is 1.62. The molecule has 0 rings (SSSR count). The Morgan fingerprint density at radius 1 is 1.56 bits per heavy atom. The molecule has 0 aliphatic rings. The topological polar surface area (TPSA) is 46.5 Å². The van der Waals surface area contributed by atoms with Gasteiger partial charge in [-0.1, -0.05) is 13.3 Å². The maximum absolute atomic E-state index is 10.3. The van der Waals surface area contributed by atoms with E-state index < -0.39 is 5.54 Å². The van der Waals surface area contributed by atoms with Crippen molar-refractivity contribution in [3.8, 4) is 0 Å². The molecule has 56 valence electrons. The Morgan fingerprint density at radius 2 is 2.00 bits per heavy atom. The fraction of sp³-hybridized carbons (Fsp3) is 1.00. The van der Waals surface area contributed by atoms with Crippen molar-refractivity contribution in [1.29, 1.82) is 0 Å². The Kier molecular flexibility index (Phi) is 3.11. The molecule has 3 nitrogen and oxygen atoms in total. The molecule has 0 aliphatic heterocycles. The molecule has 0 radical (unpaired) electrons. The second kappa shape index (κ2) is 3.15. The predicted molar refractivity (Wildman–Crippen MR) is 36.0 cm³/mol. The lowest BCUT2D eigenvalue weighted by atomic mass is 10.0. The molecule has 0 aliphatic carbocycles. The van der Waals surface area contributed by atoms with E-state index >= 15 is 0 Å². The molecule has 0 aromatic rings. The van der Waals surface area contributed by atoms with Gasteiger partial charge in [-0.3, -0.25) is 5.23 Å². The van der Waals surface area contributed by atoms with Gasteiger partial charge in [-0.2, -0.15) is 0 Å². The van der Waals surface area contributed by atoms with Crippen molar-refractivity contribution >= 4 is 0 Å². The van der Waals surface area contributed by atoms with E-state index in [9.17, 15) is 5.21 Å². The molecule has 1 N–H and O–H groups in total. The van der Waals surface area contributed by atoms with Gasteiger partial charge in [-0.05, 0) is 20.3 Å². The lowest BCUT2D eigenvalue weighted by molar-refractivity contribution is -0.120. The first kappa shape index (κ1) is 8.88. The van der Waals surface area contributed by atoms with Gasteiger partial charge in [0, 0.05) is 5.54 Å². The minimum Gasteiger partial charge on any atom is -0.762 e. The third kappa shape index (κ3) is 2.79. The fourth-order valence-electron chi connectivity index (χ4n) is 0.707. The molecule has 0 bridgehead atoms. The highest BCUT2D eigenvalue weighted by Crippen LogP contribution is 2.16. The molecule has 0 amide bonds. The average molecular weight is 132 g/mol. The smallest absolute Gasteiger partial charge is 0.0271 e. The maximum atomic E-state index is 10.3. The van der Waals surface area contributed by atoms with Crippen LogP contribution in [-0.4, -0.2) is 16.0 Å². The highest BCUT2D eigenvalue weighted by molar-refractivity contribution is 4.74. The van der Waals surface area contributed by atoms with Crippen LogP contribution in [0.3, 0.4) is 0 Å². The van der Waals surface area contributed by atoms with E-state index in [1.165, 1.54) is 0 Å². The molecular weight excluding hydrogens is 118 g/mol. The summed E-state index contributed by atoms with van der Waals surface area (Å²) in [5, 5.41) is 18.8. The van der Waals surface area contributed by atoms with Crippen LogP contribution in [0.4, 0.5) is 0 Å². The van der Waals surface area contributed by atoms with Crippen LogP contribution in [0, 0.1) is 5.21 Å². The van der Waals surface area contributed by atoms with E-state index in [4.69, 9.17) is 5.21 Å². The summed E-state index contributed by atoms with van der Waals surface area (Å²) in [6.45, 7) is 5.40. The van der Waals surface area contributed by atoms with Crippen LogP contribution in [0.1, 0.15) is 33.6 Å². The average Bonchev–Trinajstić information content (AvgIpc) is 1.65. The van der Waals surface area contributed by atoms with Gasteiger partial charge in [0.2, 0.25) is 0 Å². The summed E-state index contributed by atoms with van der Waals surface area (Å²) in [4.78, 5) is 0. The second-order valence-corrected chi connectivity index (χ2v) is 2.84. The summed E-state index contributed by atoms with van der Waals surface area (Å²) in [7, 11) is 0. The maximum Gasteiger partial charge on any atom is 0.0271 e. The standard InChI is InChI=1S/C6H14NO2/c1-4-5-6(2,3)7(8)9/h8H,4-5H2,1-3H3/q-1. The zero-order valence-corrected chi connectivity index (χ0v) is 6.22. The van der Waals surface area contributed by atoms with Crippen LogP contribution < -0.4 is 0 Å². The predicted octanol–water partition coefficient (Wildman–Crippen LogP) is 1.75. The SMILES string of the molecule is CCCC(C)(C)N([O-])O. The molecule has 3 heteroatoms. The third-order valence-electron chi connectivity index (χ3n) is 1.38. The first-order valence-corrected chi connectivity index (χ1v) is 3.17. The minimum atomic E-state index is -0.616. The quantitative estimate of drug-likeness (QED) is 0.595. The second-order valence-electron chi connectivity index (χ2n) is 2.84. The molecule has 0 aromatic heterocycles. The highest BCUT2D eigenvalue weighted by atomic mass is 16.8. The van der Waals surface area contributed by atoms with E-state index in [0.717, 1.165) is 6.42 Å². The Hall–Kier alpha value is -0.120. The Morgan fingerprint density at radius 3 is 2.11 bits per heavy atom. The van der Waals surface area contributed by atoms with Crippen LogP contribution in [0.25, 0.3) is 0 Å². The van der Waals surface area contributed by atoms with Crippen LogP contribution in [0.5, 0.6) is 0 Å². The summed E-state index contributed by atoms with van der Waals surface area (Å²) in [5.41, 5.74) is -0.616. The van der Waals surface area contributed by atoms with Crippen LogP contribution in [0.15, 0.2) is 0 Å². The zero-order valence-electron chi connectivity index (χ0n) is 6.22. The summed E-state index contributed by atoms with van der Waals surface area (Å²) < 4.78 is 0. The van der Waals surface area contributed by atoms with Gasteiger partial charge in [0.05, 0.1) is 0 Å². The van der Waals surface area contributed by atoms with Gasteiger partial charge in [0.1, 0.15) is 0 Å². The summed E-state index contributed by atoms with van der Waals surface area (Å²) in [5.74, 6) is 0. The minimum absolute atomic E-state index is 0.0243. The van der Waals surface area contributed by atoms with E-state index in [1.54, 1.807) is 13.8 Å². The van der Waals surface area contributed by atoms with E-state index in [-0.39, 0.29) is 5.23 Å². The molecule has 0 aromatic carbocycles. The van der Waals surface area contributed by atoms with E-state index in [1.807, 2.05) is 6.92 Å². The van der Waals surface area contributed by atoms with Gasteiger partial charge in [0.15, 0.2) is 0 Å². The van der Waals surface area contributed by atoms with E-state index in [2.05, 4.69) is 0 Å². The molecule has 0 spiro atoms. The van der Waals surface area contributed by atoms with Crippen molar-refractivity contribution in [2.24, 2.45) is 0 Å². The summed E-state index contributed by atoms with van der Waals surface area (Å²) in [6, 6.07) is 0. The lowest BCUT2D eigenvalue weighted by Gasteiger charge is -2.37. The molecule has 0 saturated carbocycles. The number of nitrogens with zero attached hydrogens (tertiary/aromatic N) is 1. The van der Waals surface area contributed by atoms with Crippen LogP contribution >= 0.6 is 0 Å². The van der Waals surface area contributed by atoms with Gasteiger partial charge in [-0.15, -0.1) is 0 Å². The summed E-state index contributed by atoms with van der Waals surface area (Å²) >= 11 is 0. The molecule has 0 fully saturated rings. The van der Waals surface area contributed by atoms with Crippen molar-refractivity contribution in [2.75, 3.05) is 0 Å². The van der Waals surface area contributed by atoms with Gasteiger partial charge >= 0.3 is 0 Å². The van der Waals surface area contributed by atoms with Crippen molar-refractivity contribution in [2.45, 2.75) is 39.2 Å². The first-order chi connectivity index (χ1) is 4.00. The fourth-order valence-corrected chi connectivity index (χ4v) is 0.707. The normalized spacial score (nSPS) is 12.7. The molecule has 9 heavy (non-hydrogen) atoms. The van der Waals surface area contributed by atoms with Crippen LogP contribution in [0.2, 0.25) is 0 Å². The molecule has 0 atom stereocenters. The molecule has 0 saturated heterocycles. The number of hydrogen-bond acceptors (Lipinski definition) is 3.